The Morgan fingerprint density at radius 2 is 1.91 bits per heavy atom. The molecule has 0 atom stereocenters. The van der Waals surface area contributed by atoms with Crippen LogP contribution in [0.2, 0.25) is 0 Å². The van der Waals surface area contributed by atoms with Gasteiger partial charge in [-0.2, -0.15) is 8.42 Å². The van der Waals surface area contributed by atoms with E-state index in [2.05, 4.69) is 0 Å². The molecule has 0 radical (unpaired) electrons. The van der Waals surface area contributed by atoms with Gasteiger partial charge in [-0.3, -0.25) is 4.55 Å². The number of rotatable bonds is 4. The van der Waals surface area contributed by atoms with Gasteiger partial charge in [0.05, 0.1) is 0 Å². The number of unbranched alkanes of at least 4 members (excludes halogenated alkanes) is 1. The van der Waals surface area contributed by atoms with Crippen LogP contribution in [0.25, 0.3) is 0 Å². The summed E-state index contributed by atoms with van der Waals surface area (Å²) in [6.07, 6.45) is 1.38. The third kappa shape index (κ3) is 3.60. The van der Waals surface area contributed by atoms with Crippen molar-refractivity contribution in [1.82, 2.24) is 0 Å². The molecule has 1 N–H and O–H groups in total. The van der Waals surface area contributed by atoms with Crippen LogP contribution in [-0.2, 0) is 10.1 Å². The van der Waals surface area contributed by atoms with Crippen LogP contribution >= 0.6 is 23.2 Å². The van der Waals surface area contributed by atoms with Crippen molar-refractivity contribution >= 4 is 33.3 Å². The summed E-state index contributed by atoms with van der Waals surface area (Å²) < 4.78 is 27.3. The fourth-order valence-corrected chi connectivity index (χ4v) is 1.18. The molecule has 0 rings (SSSR count). The topological polar surface area (TPSA) is 54.4 Å². The van der Waals surface area contributed by atoms with Gasteiger partial charge in [0, 0.05) is 0 Å². The zero-order valence-electron chi connectivity index (χ0n) is 6.05. The van der Waals surface area contributed by atoms with Gasteiger partial charge >= 0.3 is 0 Å². The summed E-state index contributed by atoms with van der Waals surface area (Å²) >= 11 is 10.6. The molecular formula is C5H10Cl2O3S. The van der Waals surface area contributed by atoms with Crippen LogP contribution in [0.15, 0.2) is 0 Å². The summed E-state index contributed by atoms with van der Waals surface area (Å²) in [5, 5.41) is 0. The summed E-state index contributed by atoms with van der Waals surface area (Å²) in [5.74, 6) is 0. The molecule has 0 heterocycles. The molecular weight excluding hydrogens is 211 g/mol. The fourth-order valence-electron chi connectivity index (χ4n) is 0.512. The minimum Gasteiger partial charge on any atom is -0.283 e. The molecule has 6 heteroatoms. The fraction of sp³-hybridized carbons (Fsp3) is 1.00. The number of halogens is 2. The molecule has 0 spiro atoms. The van der Waals surface area contributed by atoms with Crippen molar-refractivity contribution in [2.45, 2.75) is 29.9 Å². The third-order valence-electron chi connectivity index (χ3n) is 1.20. The van der Waals surface area contributed by atoms with Crippen LogP contribution < -0.4 is 0 Å². The lowest BCUT2D eigenvalue weighted by Gasteiger charge is -2.14. The van der Waals surface area contributed by atoms with Gasteiger partial charge in [-0.1, -0.05) is 36.5 Å². The molecule has 0 aliphatic heterocycles. The summed E-state index contributed by atoms with van der Waals surface area (Å²) in [4.78, 5) is 0. The van der Waals surface area contributed by atoms with Gasteiger partial charge in [-0.25, -0.2) is 0 Å². The van der Waals surface area contributed by atoms with Gasteiger partial charge in [0.15, 0.2) is 0 Å². The smallest absolute Gasteiger partial charge is 0.283 e. The first-order chi connectivity index (χ1) is 4.81. The van der Waals surface area contributed by atoms with Crippen LogP contribution in [0.1, 0.15) is 26.2 Å². The minimum absolute atomic E-state index is 0.0471. The maximum Gasteiger partial charge on any atom is 0.299 e. The Balaban J connectivity index is 4.24. The van der Waals surface area contributed by atoms with Crippen molar-refractivity contribution in [3.8, 4) is 0 Å². The van der Waals surface area contributed by atoms with E-state index in [1.54, 1.807) is 0 Å². The molecule has 11 heavy (non-hydrogen) atoms. The van der Waals surface area contributed by atoms with Gasteiger partial charge in [-0.05, 0) is 12.8 Å². The monoisotopic (exact) mass is 220 g/mol. The quantitative estimate of drug-likeness (QED) is 0.584. The highest BCUT2D eigenvalue weighted by molar-refractivity contribution is 7.90. The zero-order chi connectivity index (χ0) is 9.12. The molecule has 3 nitrogen and oxygen atoms in total. The Labute approximate surface area is 76.4 Å². The van der Waals surface area contributed by atoms with E-state index in [-0.39, 0.29) is 6.42 Å². The normalized spacial score (nSPS) is 13.5. The first-order valence-electron chi connectivity index (χ1n) is 3.16. The number of alkyl halides is 2. The largest absolute Gasteiger partial charge is 0.299 e. The van der Waals surface area contributed by atoms with Gasteiger partial charge in [0.1, 0.15) is 0 Å². The highest BCUT2D eigenvalue weighted by Crippen LogP contribution is 2.32. The average Bonchev–Trinajstić information content (AvgIpc) is 1.81. The molecule has 0 amide bonds. The van der Waals surface area contributed by atoms with E-state index in [9.17, 15) is 8.42 Å². The molecule has 0 aromatic carbocycles. The van der Waals surface area contributed by atoms with Crippen molar-refractivity contribution in [1.29, 1.82) is 0 Å². The predicted octanol–water partition coefficient (Wildman–Crippen LogP) is 2.20. The molecule has 0 saturated heterocycles. The molecule has 0 bridgehead atoms. The summed E-state index contributed by atoms with van der Waals surface area (Å²) in [5.41, 5.74) is 0. The standard InChI is InChI=1S/C5H10Cl2O3S/c1-2-3-4-5(6,7)11(8,9)10/h2-4H2,1H3,(H,8,9,10). The van der Waals surface area contributed by atoms with Crippen LogP contribution in [0.5, 0.6) is 0 Å². The van der Waals surface area contributed by atoms with Crippen LogP contribution in [-0.4, -0.2) is 16.6 Å². The lowest BCUT2D eigenvalue weighted by atomic mass is 10.3. The Morgan fingerprint density at radius 1 is 1.45 bits per heavy atom. The molecule has 0 aliphatic carbocycles. The molecule has 0 aromatic heterocycles. The minimum atomic E-state index is -4.34. The van der Waals surface area contributed by atoms with Crippen LogP contribution in [0.3, 0.4) is 0 Å². The molecule has 0 aliphatic rings. The number of hydrogen-bond donors (Lipinski definition) is 1. The van der Waals surface area contributed by atoms with Crippen molar-refractivity contribution in [3.63, 3.8) is 0 Å². The van der Waals surface area contributed by atoms with Crippen molar-refractivity contribution < 1.29 is 13.0 Å². The van der Waals surface area contributed by atoms with Crippen LogP contribution in [0.4, 0.5) is 0 Å². The molecule has 0 unspecified atom stereocenters. The Morgan fingerprint density at radius 3 is 2.18 bits per heavy atom. The van der Waals surface area contributed by atoms with E-state index in [0.29, 0.717) is 6.42 Å². The number of hydrogen-bond acceptors (Lipinski definition) is 2. The summed E-state index contributed by atoms with van der Waals surface area (Å²) in [6.45, 7) is 1.87. The lowest BCUT2D eigenvalue weighted by molar-refractivity contribution is 0.469. The van der Waals surface area contributed by atoms with E-state index in [1.165, 1.54) is 0 Å². The van der Waals surface area contributed by atoms with Crippen molar-refractivity contribution in [2.24, 2.45) is 0 Å². The average molecular weight is 221 g/mol. The van der Waals surface area contributed by atoms with E-state index < -0.39 is 13.8 Å². The van der Waals surface area contributed by atoms with Crippen molar-refractivity contribution in [2.75, 3.05) is 0 Å². The first kappa shape index (κ1) is 11.5. The van der Waals surface area contributed by atoms with E-state index in [0.717, 1.165) is 6.42 Å². The second-order valence-corrected chi connectivity index (χ2v) is 5.80. The third-order valence-corrected chi connectivity index (χ3v) is 3.71. The predicted molar refractivity (Wildman–Crippen MR) is 45.5 cm³/mol. The summed E-state index contributed by atoms with van der Waals surface area (Å²) in [7, 11) is -4.34. The Bertz CT molecular complexity index is 210. The highest BCUT2D eigenvalue weighted by Gasteiger charge is 2.37. The Hall–Kier alpha value is 0.490. The second-order valence-electron chi connectivity index (χ2n) is 2.22. The SMILES string of the molecule is CCCCC(Cl)(Cl)S(=O)(=O)O. The van der Waals surface area contributed by atoms with Crippen LogP contribution in [0, 0.1) is 0 Å². The maximum atomic E-state index is 10.5. The zero-order valence-corrected chi connectivity index (χ0v) is 8.38. The maximum absolute atomic E-state index is 10.5. The van der Waals surface area contributed by atoms with Gasteiger partial charge < -0.3 is 0 Å². The van der Waals surface area contributed by atoms with E-state index >= 15 is 0 Å². The molecule has 0 fully saturated rings. The molecule has 0 saturated carbocycles. The first-order valence-corrected chi connectivity index (χ1v) is 5.35. The van der Waals surface area contributed by atoms with Crippen molar-refractivity contribution in [3.05, 3.63) is 0 Å². The Kier molecular flexibility index (Phi) is 4.11. The lowest BCUT2D eigenvalue weighted by Crippen LogP contribution is -2.25. The highest BCUT2D eigenvalue weighted by atomic mass is 35.5. The second kappa shape index (κ2) is 3.94. The summed E-state index contributed by atoms with van der Waals surface area (Å²) in [6, 6.07) is 0. The molecule has 68 valence electrons. The van der Waals surface area contributed by atoms with Gasteiger partial charge in [-0.15, -0.1) is 0 Å². The van der Waals surface area contributed by atoms with E-state index in [1.807, 2.05) is 6.92 Å². The molecule has 0 aromatic rings. The van der Waals surface area contributed by atoms with E-state index in [4.69, 9.17) is 27.8 Å². The van der Waals surface area contributed by atoms with Gasteiger partial charge in [0.25, 0.3) is 10.1 Å². The van der Waals surface area contributed by atoms with Gasteiger partial charge in [0.2, 0.25) is 3.67 Å².